The summed E-state index contributed by atoms with van der Waals surface area (Å²) in [5.74, 6) is 1.23. The molecule has 0 radical (unpaired) electrons. The van der Waals surface area contributed by atoms with Gasteiger partial charge in [0.15, 0.2) is 5.89 Å². The van der Waals surface area contributed by atoms with Crippen LogP contribution >= 0.6 is 0 Å². The Hall–Kier alpha value is -2.06. The van der Waals surface area contributed by atoms with Crippen LogP contribution in [0.5, 0.6) is 0 Å². The number of anilines is 1. The van der Waals surface area contributed by atoms with E-state index in [1.54, 1.807) is 19.2 Å². The topological polar surface area (TPSA) is 44.5 Å². The van der Waals surface area contributed by atoms with E-state index in [0.717, 1.165) is 37.9 Å². The highest BCUT2D eigenvalue weighted by Gasteiger charge is 2.31. The molecule has 2 aromatic rings. The van der Waals surface area contributed by atoms with Crippen LogP contribution < -0.4 is 10.2 Å². The number of rotatable bonds is 5. The predicted molar refractivity (Wildman–Crippen MR) is 92.9 cm³/mol. The maximum atomic E-state index is 13.1. The van der Waals surface area contributed by atoms with Crippen molar-refractivity contribution < 1.29 is 17.6 Å². The molecule has 8 heteroatoms. The number of piperazine rings is 1. The van der Waals surface area contributed by atoms with Gasteiger partial charge in [0.1, 0.15) is 5.76 Å². The normalized spacial score (nSPS) is 16.3. The molecule has 3 rings (SSSR count). The quantitative estimate of drug-likeness (QED) is 0.879. The van der Waals surface area contributed by atoms with E-state index in [4.69, 9.17) is 4.42 Å². The summed E-state index contributed by atoms with van der Waals surface area (Å²) in [5.41, 5.74) is 0.871. The smallest absolute Gasteiger partial charge is 0.416 e. The van der Waals surface area contributed by atoms with Gasteiger partial charge in [-0.3, -0.25) is 0 Å². The Morgan fingerprint density at radius 2 is 1.88 bits per heavy atom. The second-order valence-corrected chi connectivity index (χ2v) is 6.58. The van der Waals surface area contributed by atoms with E-state index in [1.165, 1.54) is 6.07 Å². The third kappa shape index (κ3) is 4.56. The van der Waals surface area contributed by atoms with Crippen LogP contribution in [0.15, 0.2) is 28.8 Å². The first-order valence-electron chi connectivity index (χ1n) is 8.58. The van der Waals surface area contributed by atoms with Gasteiger partial charge in [0.2, 0.25) is 0 Å². The highest BCUT2D eigenvalue weighted by molar-refractivity contribution is 5.56. The number of aryl methyl sites for hydroxylation is 1. The van der Waals surface area contributed by atoms with E-state index in [9.17, 15) is 13.2 Å². The number of aromatic nitrogens is 1. The molecule has 1 saturated heterocycles. The van der Waals surface area contributed by atoms with Crippen LogP contribution in [0.25, 0.3) is 0 Å². The van der Waals surface area contributed by atoms with E-state index in [1.807, 2.05) is 7.05 Å². The Labute approximate surface area is 150 Å². The molecule has 0 saturated carbocycles. The second-order valence-electron chi connectivity index (χ2n) is 6.58. The van der Waals surface area contributed by atoms with Gasteiger partial charge in [0.25, 0.3) is 0 Å². The number of alkyl halides is 3. The minimum absolute atomic E-state index is 0.325. The van der Waals surface area contributed by atoms with Crippen molar-refractivity contribution in [3.05, 3.63) is 47.2 Å². The third-order valence-corrected chi connectivity index (χ3v) is 4.53. The Morgan fingerprint density at radius 1 is 1.15 bits per heavy atom. The van der Waals surface area contributed by atoms with E-state index in [-0.39, 0.29) is 0 Å². The van der Waals surface area contributed by atoms with Crippen molar-refractivity contribution in [2.75, 3.05) is 38.1 Å². The fraction of sp³-hybridized carbons (Fsp3) is 0.500. The molecule has 0 bridgehead atoms. The van der Waals surface area contributed by atoms with Gasteiger partial charge >= 0.3 is 6.18 Å². The maximum absolute atomic E-state index is 13.1. The third-order valence-electron chi connectivity index (χ3n) is 4.53. The maximum Gasteiger partial charge on any atom is 0.416 e. The van der Waals surface area contributed by atoms with E-state index in [0.29, 0.717) is 30.3 Å². The highest BCUT2D eigenvalue weighted by Crippen LogP contribution is 2.33. The Bertz CT molecular complexity index is 736. The molecule has 0 aliphatic carbocycles. The van der Waals surface area contributed by atoms with Gasteiger partial charge in [-0.2, -0.15) is 13.2 Å². The molecule has 1 fully saturated rings. The lowest BCUT2D eigenvalue weighted by molar-refractivity contribution is -0.137. The van der Waals surface area contributed by atoms with Crippen molar-refractivity contribution >= 4 is 5.69 Å². The van der Waals surface area contributed by atoms with Gasteiger partial charge in [-0.15, -0.1) is 0 Å². The zero-order valence-corrected chi connectivity index (χ0v) is 14.9. The summed E-state index contributed by atoms with van der Waals surface area (Å²) >= 11 is 0. The zero-order valence-electron chi connectivity index (χ0n) is 14.9. The molecule has 5 nitrogen and oxygen atoms in total. The van der Waals surface area contributed by atoms with Gasteiger partial charge in [-0.1, -0.05) is 0 Å². The number of oxazole rings is 1. The molecule has 1 aliphatic heterocycles. The lowest BCUT2D eigenvalue weighted by Gasteiger charge is -2.35. The molecular formula is C18H23F3N4O. The fourth-order valence-electron chi connectivity index (χ4n) is 3.07. The molecule has 2 heterocycles. The molecule has 0 spiro atoms. The lowest BCUT2D eigenvalue weighted by Crippen LogP contribution is -2.45. The number of nitrogens with one attached hydrogen (secondary N) is 1. The average molecular weight is 368 g/mol. The van der Waals surface area contributed by atoms with Crippen LogP contribution in [0.2, 0.25) is 0 Å². The van der Waals surface area contributed by atoms with Crippen molar-refractivity contribution in [1.82, 2.24) is 15.2 Å². The minimum atomic E-state index is -4.35. The first kappa shape index (κ1) is 18.7. The van der Waals surface area contributed by atoms with Crippen LogP contribution in [-0.2, 0) is 19.3 Å². The van der Waals surface area contributed by atoms with E-state index in [2.05, 4.69) is 20.1 Å². The first-order chi connectivity index (χ1) is 12.3. The Kier molecular flexibility index (Phi) is 5.52. The number of benzene rings is 1. The lowest BCUT2D eigenvalue weighted by atomic mass is 10.1. The van der Waals surface area contributed by atoms with Crippen molar-refractivity contribution in [2.45, 2.75) is 26.2 Å². The summed E-state index contributed by atoms with van der Waals surface area (Å²) in [6.07, 6.45) is -2.73. The Morgan fingerprint density at radius 3 is 2.50 bits per heavy atom. The average Bonchev–Trinajstić information content (AvgIpc) is 3.00. The monoisotopic (exact) mass is 368 g/mol. The van der Waals surface area contributed by atoms with Gasteiger partial charge in [-0.25, -0.2) is 4.98 Å². The number of hydrogen-bond donors (Lipinski definition) is 1. The molecular weight excluding hydrogens is 345 g/mol. The molecule has 1 N–H and O–H groups in total. The van der Waals surface area contributed by atoms with Gasteiger partial charge in [0.05, 0.1) is 18.3 Å². The van der Waals surface area contributed by atoms with Gasteiger partial charge < -0.3 is 19.5 Å². The highest BCUT2D eigenvalue weighted by atomic mass is 19.4. The summed E-state index contributed by atoms with van der Waals surface area (Å²) in [5, 5.41) is 3.16. The summed E-state index contributed by atoms with van der Waals surface area (Å²) in [6.45, 7) is 5.88. The number of likely N-dealkylation sites (N-methyl/N-ethyl adjacent to an activating group) is 1. The number of halogens is 3. The molecule has 1 aliphatic rings. The molecule has 142 valence electrons. The molecule has 0 amide bonds. The fourth-order valence-corrected chi connectivity index (χ4v) is 3.07. The van der Waals surface area contributed by atoms with Gasteiger partial charge in [0, 0.05) is 45.3 Å². The first-order valence-corrected chi connectivity index (χ1v) is 8.58. The molecule has 1 aromatic carbocycles. The predicted octanol–water partition coefficient (Wildman–Crippen LogP) is 3.04. The van der Waals surface area contributed by atoms with Crippen molar-refractivity contribution in [2.24, 2.45) is 0 Å². The second kappa shape index (κ2) is 7.67. The van der Waals surface area contributed by atoms with Crippen LogP contribution in [0, 0.1) is 6.92 Å². The number of nitrogens with zero attached hydrogens (tertiary/aromatic N) is 3. The summed E-state index contributed by atoms with van der Waals surface area (Å²) in [4.78, 5) is 8.38. The van der Waals surface area contributed by atoms with Crippen molar-refractivity contribution in [3.8, 4) is 0 Å². The zero-order chi connectivity index (χ0) is 18.7. The Balaban J connectivity index is 1.76. The SMILES string of the molecule is Cc1ncc(CNCc2cc(C(F)(F)F)ccc2N2CCN(C)CC2)o1. The van der Waals surface area contributed by atoms with Crippen LogP contribution in [0.1, 0.15) is 22.8 Å². The van der Waals surface area contributed by atoms with E-state index < -0.39 is 11.7 Å². The van der Waals surface area contributed by atoms with Crippen LogP contribution in [0.3, 0.4) is 0 Å². The molecule has 1 aromatic heterocycles. The summed E-state index contributed by atoms with van der Waals surface area (Å²) in [7, 11) is 2.05. The van der Waals surface area contributed by atoms with Crippen LogP contribution in [0.4, 0.5) is 18.9 Å². The molecule has 0 atom stereocenters. The van der Waals surface area contributed by atoms with Crippen molar-refractivity contribution in [3.63, 3.8) is 0 Å². The summed E-state index contributed by atoms with van der Waals surface area (Å²) in [6, 6.07) is 3.99. The van der Waals surface area contributed by atoms with Crippen molar-refractivity contribution in [1.29, 1.82) is 0 Å². The largest absolute Gasteiger partial charge is 0.445 e. The van der Waals surface area contributed by atoms with Gasteiger partial charge in [-0.05, 0) is 30.8 Å². The molecule has 0 unspecified atom stereocenters. The van der Waals surface area contributed by atoms with E-state index >= 15 is 0 Å². The minimum Gasteiger partial charge on any atom is -0.445 e. The molecule has 26 heavy (non-hydrogen) atoms. The van der Waals surface area contributed by atoms with Crippen LogP contribution in [-0.4, -0.2) is 43.1 Å². The standard InChI is InChI=1S/C18H23F3N4O/c1-13-23-12-16(26-13)11-22-10-14-9-15(18(19,20)21)3-4-17(14)25-7-5-24(2)6-8-25/h3-4,9,12,22H,5-8,10-11H2,1-2H3. The summed E-state index contributed by atoms with van der Waals surface area (Å²) < 4.78 is 44.7. The number of hydrogen-bond acceptors (Lipinski definition) is 5.